The predicted molar refractivity (Wildman–Crippen MR) is 175 cm³/mol. The highest BCUT2D eigenvalue weighted by molar-refractivity contribution is 6.12. The van der Waals surface area contributed by atoms with Crippen molar-refractivity contribution in [2.75, 3.05) is 0 Å². The van der Waals surface area contributed by atoms with Crippen molar-refractivity contribution >= 4 is 43.6 Å². The molecule has 0 aliphatic carbocycles. The highest BCUT2D eigenvalue weighted by Gasteiger charge is 2.17. The largest absolute Gasteiger partial charge is 0.309 e. The van der Waals surface area contributed by atoms with Crippen LogP contribution in [-0.2, 0) is 0 Å². The van der Waals surface area contributed by atoms with Gasteiger partial charge in [-0.05, 0) is 54.1 Å². The Morgan fingerprint density at radius 3 is 1.79 bits per heavy atom. The van der Waals surface area contributed by atoms with Crippen molar-refractivity contribution < 1.29 is 0 Å². The van der Waals surface area contributed by atoms with Gasteiger partial charge in [0.25, 0.3) is 0 Å². The smallest absolute Gasteiger partial charge is 0.137 e. The maximum absolute atomic E-state index is 4.73. The lowest BCUT2D eigenvalue weighted by molar-refractivity contribution is 0.881. The average Bonchev–Trinajstić information content (AvgIpc) is 3.78. The molecule has 0 unspecified atom stereocenters. The Balaban J connectivity index is 1.29. The van der Waals surface area contributed by atoms with Crippen LogP contribution in [0.15, 0.2) is 152 Å². The van der Waals surface area contributed by atoms with Gasteiger partial charge in [0.15, 0.2) is 0 Å². The first-order valence-corrected chi connectivity index (χ1v) is 14.4. The van der Waals surface area contributed by atoms with E-state index < -0.39 is 0 Å². The van der Waals surface area contributed by atoms with Gasteiger partial charge in [-0.1, -0.05) is 84.9 Å². The van der Waals surface area contributed by atoms with E-state index in [1.165, 1.54) is 27.1 Å². The Hall–Kier alpha value is -5.94. The van der Waals surface area contributed by atoms with E-state index in [2.05, 4.69) is 131 Å². The molecular formula is C38H25N5. The monoisotopic (exact) mass is 551 g/mol. The highest BCUT2D eigenvalue weighted by Crippen LogP contribution is 2.37. The molecule has 0 radical (unpaired) electrons. The number of fused-ring (bicyclic) bond motifs is 6. The van der Waals surface area contributed by atoms with Gasteiger partial charge in [0, 0.05) is 45.2 Å². The lowest BCUT2D eigenvalue weighted by atomic mass is 10.1. The summed E-state index contributed by atoms with van der Waals surface area (Å²) in [6.07, 6.45) is 5.88. The highest BCUT2D eigenvalue weighted by atomic mass is 15.3. The summed E-state index contributed by atoms with van der Waals surface area (Å²) in [5, 5.41) is 9.58. The van der Waals surface area contributed by atoms with Crippen molar-refractivity contribution in [3.05, 3.63) is 152 Å². The molecule has 0 fully saturated rings. The van der Waals surface area contributed by atoms with Crippen LogP contribution in [0.5, 0.6) is 0 Å². The third-order valence-corrected chi connectivity index (χ3v) is 8.41. The normalized spacial score (nSPS) is 11.7. The quantitative estimate of drug-likeness (QED) is 0.219. The van der Waals surface area contributed by atoms with Gasteiger partial charge in [-0.25, -0.2) is 9.67 Å². The van der Waals surface area contributed by atoms with E-state index in [9.17, 15) is 0 Å². The van der Waals surface area contributed by atoms with Gasteiger partial charge in [0.05, 0.1) is 34.0 Å². The summed E-state index contributed by atoms with van der Waals surface area (Å²) in [7, 11) is 0. The van der Waals surface area contributed by atoms with E-state index in [4.69, 9.17) is 10.1 Å². The molecule has 0 saturated heterocycles. The number of hydrogen-bond acceptors (Lipinski definition) is 2. The molecule has 4 aromatic heterocycles. The van der Waals surface area contributed by atoms with Gasteiger partial charge >= 0.3 is 0 Å². The fraction of sp³-hybridized carbons (Fsp3) is 0. The van der Waals surface area contributed by atoms with Gasteiger partial charge < -0.3 is 4.57 Å². The number of rotatable bonds is 4. The maximum atomic E-state index is 4.73. The Bertz CT molecular complexity index is 2450. The van der Waals surface area contributed by atoms with Crippen molar-refractivity contribution in [1.82, 2.24) is 23.9 Å². The van der Waals surface area contributed by atoms with Crippen LogP contribution in [0, 0.1) is 0 Å². The Kier molecular flexibility index (Phi) is 5.13. The molecule has 0 N–H and O–H groups in total. The van der Waals surface area contributed by atoms with Crippen LogP contribution in [0.3, 0.4) is 0 Å². The van der Waals surface area contributed by atoms with Crippen molar-refractivity contribution in [3.63, 3.8) is 0 Å². The third-order valence-electron chi connectivity index (χ3n) is 8.41. The summed E-state index contributed by atoms with van der Waals surface area (Å²) >= 11 is 0. The topological polar surface area (TPSA) is 40.6 Å². The number of benzene rings is 5. The number of pyridine rings is 1. The Morgan fingerprint density at radius 2 is 1.05 bits per heavy atom. The summed E-state index contributed by atoms with van der Waals surface area (Å²) in [6, 6.07) is 47.0. The van der Waals surface area contributed by atoms with E-state index in [1.54, 1.807) is 0 Å². The first kappa shape index (κ1) is 23.7. The van der Waals surface area contributed by atoms with Crippen molar-refractivity contribution in [3.8, 4) is 28.3 Å². The van der Waals surface area contributed by atoms with E-state index in [-0.39, 0.29) is 0 Å². The van der Waals surface area contributed by atoms with Crippen molar-refractivity contribution in [2.24, 2.45) is 0 Å². The molecule has 4 heterocycles. The van der Waals surface area contributed by atoms with E-state index in [1.807, 2.05) is 35.3 Å². The van der Waals surface area contributed by atoms with Crippen molar-refractivity contribution in [1.29, 1.82) is 0 Å². The zero-order chi connectivity index (χ0) is 28.3. The molecule has 5 aromatic carbocycles. The van der Waals surface area contributed by atoms with Crippen LogP contribution in [0.4, 0.5) is 0 Å². The first-order chi connectivity index (χ1) is 21.3. The molecule has 0 bridgehead atoms. The van der Waals surface area contributed by atoms with Crippen LogP contribution in [0.25, 0.3) is 71.9 Å². The molecule has 9 aromatic rings. The van der Waals surface area contributed by atoms with Gasteiger partial charge in [-0.3, -0.25) is 4.57 Å². The lowest BCUT2D eigenvalue weighted by Crippen LogP contribution is -1.99. The fourth-order valence-electron chi connectivity index (χ4n) is 6.45. The van der Waals surface area contributed by atoms with E-state index >= 15 is 0 Å². The Morgan fingerprint density at radius 1 is 0.442 bits per heavy atom. The molecular weight excluding hydrogens is 526 g/mol. The number of hydrogen-bond donors (Lipinski definition) is 0. The predicted octanol–water partition coefficient (Wildman–Crippen LogP) is 9.13. The summed E-state index contributed by atoms with van der Waals surface area (Å²) in [4.78, 5) is 4.73. The zero-order valence-corrected chi connectivity index (χ0v) is 23.2. The summed E-state index contributed by atoms with van der Waals surface area (Å²) < 4.78 is 6.60. The third kappa shape index (κ3) is 3.65. The number of para-hydroxylation sites is 2. The summed E-state index contributed by atoms with van der Waals surface area (Å²) in [6.45, 7) is 0. The standard InChI is InChI=1S/C38H25N5/c1-2-10-26(11-3-1)27-24-40-41(25-27)28-17-19-32-30-12-4-6-14-34(30)42(36(32)22-28)29-18-20-33-31-13-5-7-15-35(31)43(37(33)23-29)38-16-8-9-21-39-38/h1-25H. The van der Waals surface area contributed by atoms with E-state index in [0.29, 0.717) is 0 Å². The molecule has 0 saturated carbocycles. The van der Waals surface area contributed by atoms with Gasteiger partial charge in [-0.15, -0.1) is 0 Å². The molecule has 202 valence electrons. The molecule has 9 rings (SSSR count). The molecule has 5 heteroatoms. The fourth-order valence-corrected chi connectivity index (χ4v) is 6.45. The number of aromatic nitrogens is 5. The van der Waals surface area contributed by atoms with Gasteiger partial charge in [0.2, 0.25) is 0 Å². The zero-order valence-electron chi connectivity index (χ0n) is 23.2. The van der Waals surface area contributed by atoms with Crippen LogP contribution < -0.4 is 0 Å². The van der Waals surface area contributed by atoms with E-state index in [0.717, 1.165) is 44.9 Å². The van der Waals surface area contributed by atoms with Gasteiger partial charge in [0.1, 0.15) is 5.82 Å². The minimum absolute atomic E-state index is 0.906. The molecule has 0 aliphatic heterocycles. The molecule has 0 amide bonds. The molecule has 0 atom stereocenters. The molecule has 0 aliphatic rings. The van der Waals surface area contributed by atoms with Crippen LogP contribution in [0.1, 0.15) is 0 Å². The number of nitrogens with zero attached hydrogens (tertiary/aromatic N) is 5. The lowest BCUT2D eigenvalue weighted by Gasteiger charge is -2.11. The average molecular weight is 552 g/mol. The summed E-state index contributed by atoms with van der Waals surface area (Å²) in [5.41, 5.74) is 8.93. The maximum Gasteiger partial charge on any atom is 0.137 e. The molecule has 5 nitrogen and oxygen atoms in total. The second-order valence-electron chi connectivity index (χ2n) is 10.8. The molecule has 0 spiro atoms. The molecule has 43 heavy (non-hydrogen) atoms. The van der Waals surface area contributed by atoms with Crippen molar-refractivity contribution in [2.45, 2.75) is 0 Å². The first-order valence-electron chi connectivity index (χ1n) is 14.4. The second-order valence-corrected chi connectivity index (χ2v) is 10.8. The van der Waals surface area contributed by atoms with Crippen LogP contribution in [-0.4, -0.2) is 23.9 Å². The minimum Gasteiger partial charge on any atom is -0.309 e. The van der Waals surface area contributed by atoms with Crippen LogP contribution in [0.2, 0.25) is 0 Å². The van der Waals surface area contributed by atoms with Crippen LogP contribution >= 0.6 is 0 Å². The minimum atomic E-state index is 0.906. The summed E-state index contributed by atoms with van der Waals surface area (Å²) in [5.74, 6) is 0.906. The SMILES string of the molecule is c1ccc(-c2cnn(-c3ccc4c5ccccc5n(-c5ccc6c7ccccc7n(-c7ccccn7)c6c5)c4c3)c2)cc1. The second kappa shape index (κ2) is 9.29. The Labute approximate surface area is 247 Å². The van der Waals surface area contributed by atoms with Gasteiger partial charge in [-0.2, -0.15) is 5.10 Å².